The van der Waals surface area contributed by atoms with Crippen molar-refractivity contribution in [2.24, 2.45) is 12.0 Å². The maximum Gasteiger partial charge on any atom is 0.262 e. The average molecular weight is 267 g/mol. The van der Waals surface area contributed by atoms with Crippen molar-refractivity contribution in [2.75, 3.05) is 19.4 Å². The molecule has 0 aliphatic carbocycles. The Balaban J connectivity index is 2.28. The summed E-state index contributed by atoms with van der Waals surface area (Å²) in [6.07, 6.45) is 1.46. The number of carbonyl (C=O) groups excluding carboxylic acids is 1. The van der Waals surface area contributed by atoms with Gasteiger partial charge in [-0.25, -0.2) is 0 Å². The highest BCUT2D eigenvalue weighted by Crippen LogP contribution is 2.16. The van der Waals surface area contributed by atoms with Crippen LogP contribution in [0, 0.1) is 0 Å². The predicted molar refractivity (Wildman–Crippen MR) is 70.5 cm³/mol. The second-order valence-electron chi connectivity index (χ2n) is 3.69. The van der Waals surface area contributed by atoms with Gasteiger partial charge in [-0.2, -0.15) is 0 Å². The van der Waals surface area contributed by atoms with Crippen LogP contribution in [0.15, 0.2) is 22.1 Å². The van der Waals surface area contributed by atoms with Gasteiger partial charge in [0.1, 0.15) is 5.75 Å². The molecule has 1 aliphatic rings. The number of hydrogen-bond donors (Lipinski definition) is 1. The zero-order valence-corrected chi connectivity index (χ0v) is 10.9. The number of ether oxygens (including phenoxy) is 1. The molecule has 0 bridgehead atoms. The van der Waals surface area contributed by atoms with Gasteiger partial charge in [0.05, 0.1) is 19.2 Å². The Hall–Kier alpha value is -1.76. The molecule has 1 aliphatic heterocycles. The molecule has 2 rings (SSSR count). The van der Waals surface area contributed by atoms with Crippen molar-refractivity contribution in [1.29, 1.82) is 0 Å². The molecule has 0 atom stereocenters. The Bertz CT molecular complexity index is 565. The van der Waals surface area contributed by atoms with Gasteiger partial charge in [0.25, 0.3) is 11.5 Å². The number of pyridine rings is 1. The first kappa shape index (κ1) is 12.7. The van der Waals surface area contributed by atoms with E-state index in [9.17, 15) is 9.59 Å². The van der Waals surface area contributed by atoms with E-state index in [4.69, 9.17) is 4.74 Å². The minimum Gasteiger partial charge on any atom is -0.496 e. The molecule has 6 nitrogen and oxygen atoms in total. The molecule has 0 radical (unpaired) electrons. The fraction of sp³-hybridized carbons (Fsp3) is 0.364. The summed E-state index contributed by atoms with van der Waals surface area (Å²) >= 11 is 1.49. The van der Waals surface area contributed by atoms with E-state index in [-0.39, 0.29) is 17.2 Å². The quantitative estimate of drug-likeness (QED) is 0.832. The number of nitrogens with zero attached hydrogens (tertiary/aromatic N) is 2. The van der Waals surface area contributed by atoms with Gasteiger partial charge in [-0.15, -0.1) is 0 Å². The summed E-state index contributed by atoms with van der Waals surface area (Å²) < 4.78 is 6.38. The first-order valence-corrected chi connectivity index (χ1v) is 6.33. The summed E-state index contributed by atoms with van der Waals surface area (Å²) in [5.41, 5.74) is 0.0887. The maximum absolute atomic E-state index is 12.0. The fourth-order valence-corrected chi connectivity index (χ4v) is 2.25. The second kappa shape index (κ2) is 5.26. The molecule has 1 N–H and O–H groups in total. The van der Waals surface area contributed by atoms with Gasteiger partial charge in [0, 0.05) is 25.1 Å². The standard InChI is InChI=1S/C11H13N3O3S/c1-14-6-7(8(17-2)5-9(14)15)10(16)13-11-12-3-4-18-11/h5-6H,3-4H2,1-2H3,(H,12,13,16). The van der Waals surface area contributed by atoms with Gasteiger partial charge in [0.2, 0.25) is 0 Å². The average Bonchev–Trinajstić information content (AvgIpc) is 2.84. The molecule has 2 heterocycles. The lowest BCUT2D eigenvalue weighted by atomic mass is 10.2. The molecule has 0 saturated heterocycles. The lowest BCUT2D eigenvalue weighted by molar-refractivity contribution is 0.0974. The largest absolute Gasteiger partial charge is 0.496 e. The Kier molecular flexibility index (Phi) is 3.71. The van der Waals surface area contributed by atoms with E-state index in [0.29, 0.717) is 17.3 Å². The third kappa shape index (κ3) is 2.56. The zero-order valence-electron chi connectivity index (χ0n) is 10.1. The van der Waals surface area contributed by atoms with Crippen LogP contribution >= 0.6 is 11.8 Å². The number of aliphatic imine (C=N–C) groups is 1. The number of carbonyl (C=O) groups is 1. The van der Waals surface area contributed by atoms with Crippen LogP contribution in [-0.2, 0) is 7.05 Å². The molecule has 1 aromatic rings. The van der Waals surface area contributed by atoms with Crippen LogP contribution in [0.1, 0.15) is 10.4 Å². The third-order valence-corrected chi connectivity index (χ3v) is 3.35. The number of aryl methyl sites for hydroxylation is 1. The number of hydrogen-bond acceptors (Lipinski definition) is 5. The number of methoxy groups -OCH3 is 1. The topological polar surface area (TPSA) is 72.7 Å². The fourth-order valence-electron chi connectivity index (χ4n) is 1.53. The lowest BCUT2D eigenvalue weighted by Gasteiger charge is -2.09. The summed E-state index contributed by atoms with van der Waals surface area (Å²) in [5, 5.41) is 3.30. The Morgan fingerprint density at radius 2 is 2.39 bits per heavy atom. The van der Waals surface area contributed by atoms with Crippen molar-refractivity contribution in [2.45, 2.75) is 0 Å². The van der Waals surface area contributed by atoms with E-state index in [0.717, 1.165) is 5.75 Å². The van der Waals surface area contributed by atoms with Crippen molar-refractivity contribution < 1.29 is 9.53 Å². The summed E-state index contributed by atoms with van der Waals surface area (Å²) in [6.45, 7) is 0.713. The molecule has 18 heavy (non-hydrogen) atoms. The summed E-state index contributed by atoms with van der Waals surface area (Å²) in [6, 6.07) is 1.29. The van der Waals surface area contributed by atoms with E-state index < -0.39 is 0 Å². The predicted octanol–water partition coefficient (Wildman–Crippen LogP) is 0.227. The molecule has 0 unspecified atom stereocenters. The van der Waals surface area contributed by atoms with Gasteiger partial charge >= 0.3 is 0 Å². The first-order valence-electron chi connectivity index (χ1n) is 5.35. The van der Waals surface area contributed by atoms with Gasteiger partial charge in [-0.05, 0) is 0 Å². The zero-order chi connectivity index (χ0) is 13.1. The number of amides is 1. The number of aromatic nitrogens is 1. The molecule has 0 spiro atoms. The molecule has 0 fully saturated rings. The van der Waals surface area contributed by atoms with Crippen molar-refractivity contribution >= 4 is 22.8 Å². The smallest absolute Gasteiger partial charge is 0.262 e. The minimum atomic E-state index is -0.324. The van der Waals surface area contributed by atoms with E-state index in [1.54, 1.807) is 7.05 Å². The Morgan fingerprint density at radius 3 is 3.00 bits per heavy atom. The normalized spacial score (nSPS) is 14.2. The van der Waals surface area contributed by atoms with Crippen LogP contribution in [0.3, 0.4) is 0 Å². The highest BCUT2D eigenvalue weighted by molar-refractivity contribution is 8.14. The minimum absolute atomic E-state index is 0.226. The SMILES string of the molecule is COc1cc(=O)n(C)cc1C(=O)NC1=NCCS1. The van der Waals surface area contributed by atoms with Crippen molar-refractivity contribution in [3.05, 3.63) is 28.2 Å². The molecule has 0 aromatic carbocycles. The molecule has 0 saturated carbocycles. The molecule has 7 heteroatoms. The number of thioether (sulfide) groups is 1. The molecule has 96 valence electrons. The van der Waals surface area contributed by atoms with E-state index >= 15 is 0 Å². The van der Waals surface area contributed by atoms with E-state index in [2.05, 4.69) is 10.3 Å². The molecular weight excluding hydrogens is 254 g/mol. The van der Waals surface area contributed by atoms with Crippen molar-refractivity contribution in [3.8, 4) is 5.75 Å². The van der Waals surface area contributed by atoms with Crippen molar-refractivity contribution in [1.82, 2.24) is 9.88 Å². The summed E-state index contributed by atoms with van der Waals surface area (Å²) in [7, 11) is 3.01. The second-order valence-corrected chi connectivity index (χ2v) is 4.78. The first-order chi connectivity index (χ1) is 8.61. The maximum atomic E-state index is 12.0. The third-order valence-electron chi connectivity index (χ3n) is 2.46. The van der Waals surface area contributed by atoms with Crippen LogP contribution in [0.4, 0.5) is 0 Å². The highest BCUT2D eigenvalue weighted by Gasteiger charge is 2.17. The van der Waals surface area contributed by atoms with Crippen LogP contribution in [-0.4, -0.2) is 35.0 Å². The van der Waals surface area contributed by atoms with Crippen LogP contribution in [0.5, 0.6) is 5.75 Å². The highest BCUT2D eigenvalue weighted by atomic mass is 32.2. The van der Waals surface area contributed by atoms with Crippen molar-refractivity contribution in [3.63, 3.8) is 0 Å². The number of amidine groups is 1. The summed E-state index contributed by atoms with van der Waals surface area (Å²) in [5.74, 6) is 0.815. The van der Waals surface area contributed by atoms with Crippen LogP contribution in [0.25, 0.3) is 0 Å². The monoisotopic (exact) mass is 267 g/mol. The van der Waals surface area contributed by atoms with Crippen LogP contribution < -0.4 is 15.6 Å². The Labute approximate surface area is 108 Å². The van der Waals surface area contributed by atoms with Gasteiger partial charge in [-0.1, -0.05) is 11.8 Å². The van der Waals surface area contributed by atoms with Gasteiger partial charge < -0.3 is 14.6 Å². The molecule has 1 aromatic heterocycles. The van der Waals surface area contributed by atoms with E-state index in [1.165, 1.54) is 35.7 Å². The van der Waals surface area contributed by atoms with Gasteiger partial charge in [0.15, 0.2) is 5.17 Å². The molecular formula is C11H13N3O3S. The van der Waals surface area contributed by atoms with Crippen LogP contribution in [0.2, 0.25) is 0 Å². The summed E-state index contributed by atoms with van der Waals surface area (Å²) in [4.78, 5) is 27.6. The van der Waals surface area contributed by atoms with Gasteiger partial charge in [-0.3, -0.25) is 14.6 Å². The van der Waals surface area contributed by atoms with E-state index in [1.807, 2.05) is 0 Å². The number of rotatable bonds is 2. The Morgan fingerprint density at radius 1 is 1.61 bits per heavy atom. The molecule has 1 amide bonds. The lowest BCUT2D eigenvalue weighted by Crippen LogP contribution is -2.29. The number of nitrogens with one attached hydrogen (secondary N) is 1.